The van der Waals surface area contributed by atoms with E-state index in [0.29, 0.717) is 5.75 Å². The van der Waals surface area contributed by atoms with E-state index in [4.69, 9.17) is 14.9 Å². The van der Waals surface area contributed by atoms with Gasteiger partial charge < -0.3 is 20.1 Å². The van der Waals surface area contributed by atoms with Gasteiger partial charge in [0.25, 0.3) is 0 Å². The molecule has 0 amide bonds. The van der Waals surface area contributed by atoms with Crippen molar-refractivity contribution in [2.45, 2.75) is 83.7 Å². The molecule has 1 atom stereocenters. The highest BCUT2D eigenvalue weighted by Crippen LogP contribution is 2.26. The van der Waals surface area contributed by atoms with Crippen molar-refractivity contribution in [1.29, 1.82) is 0 Å². The highest BCUT2D eigenvalue weighted by Gasteiger charge is 2.41. The predicted octanol–water partition coefficient (Wildman–Crippen LogP) is 3.74. The normalized spacial score (nSPS) is 12.9. The van der Waals surface area contributed by atoms with Crippen molar-refractivity contribution < 1.29 is 34.4 Å². The number of aliphatic hydroxyl groups is 1. The van der Waals surface area contributed by atoms with Crippen LogP contribution in [0.5, 0.6) is 5.75 Å². The number of carboxylic acid groups (broad SMARTS) is 2. The number of ether oxygens (including phenoxy) is 1. The van der Waals surface area contributed by atoms with Gasteiger partial charge in [0.15, 0.2) is 5.60 Å². The Morgan fingerprint density at radius 3 is 2.10 bits per heavy atom. The molecule has 0 saturated heterocycles. The molecule has 0 aromatic heterocycles. The molecule has 0 saturated carbocycles. The Morgan fingerprint density at radius 2 is 1.55 bits per heavy atom. The number of aryl methyl sites for hydroxylation is 2. The number of aliphatic carboxylic acids is 2. The lowest BCUT2D eigenvalue weighted by Crippen LogP contribution is -2.43. The first-order chi connectivity index (χ1) is 13.7. The summed E-state index contributed by atoms with van der Waals surface area (Å²) in [5.41, 5.74) is -0.693. The summed E-state index contributed by atoms with van der Waals surface area (Å²) in [7, 11) is 0. The van der Waals surface area contributed by atoms with E-state index in [2.05, 4.69) is 13.8 Å². The first-order valence-electron chi connectivity index (χ1n) is 10.2. The minimum atomic E-state index is -2.70. The molecule has 1 aromatic rings. The summed E-state index contributed by atoms with van der Waals surface area (Å²) in [6, 6.07) is 5.58. The minimum absolute atomic E-state index is 0.327. The van der Waals surface area contributed by atoms with Crippen molar-refractivity contribution in [3.05, 3.63) is 29.3 Å². The number of hydrogen-bond acceptors (Lipinski definition) is 5. The molecule has 7 heteroatoms. The second-order valence-corrected chi connectivity index (χ2v) is 7.41. The molecule has 29 heavy (non-hydrogen) atoms. The third kappa shape index (κ3) is 8.64. The average molecular weight is 408 g/mol. The van der Waals surface area contributed by atoms with Gasteiger partial charge in [0.1, 0.15) is 5.75 Å². The number of esters is 1. The second kappa shape index (κ2) is 12.2. The van der Waals surface area contributed by atoms with Gasteiger partial charge in [0, 0.05) is 0 Å². The van der Waals surface area contributed by atoms with Crippen molar-refractivity contribution in [1.82, 2.24) is 0 Å². The Bertz CT molecular complexity index is 698. The molecule has 0 aliphatic heterocycles. The highest BCUT2D eigenvalue weighted by atomic mass is 16.5. The van der Waals surface area contributed by atoms with Crippen molar-refractivity contribution >= 4 is 17.9 Å². The molecule has 3 N–H and O–H groups in total. The molecule has 7 nitrogen and oxygen atoms in total. The van der Waals surface area contributed by atoms with Gasteiger partial charge >= 0.3 is 17.9 Å². The van der Waals surface area contributed by atoms with E-state index in [1.54, 1.807) is 6.07 Å². The molecular formula is C22H32O7. The van der Waals surface area contributed by atoms with Gasteiger partial charge in [0.2, 0.25) is 0 Å². The molecule has 0 aliphatic carbocycles. The van der Waals surface area contributed by atoms with Crippen LogP contribution in [0.3, 0.4) is 0 Å². The molecule has 1 unspecified atom stereocenters. The smallest absolute Gasteiger partial charge is 0.336 e. The first-order valence-corrected chi connectivity index (χ1v) is 10.2. The van der Waals surface area contributed by atoms with Crippen LogP contribution in [0, 0.1) is 0 Å². The largest absolute Gasteiger partial charge is 0.481 e. The molecule has 0 radical (unpaired) electrons. The third-order valence-corrected chi connectivity index (χ3v) is 4.75. The predicted molar refractivity (Wildman–Crippen MR) is 108 cm³/mol. The van der Waals surface area contributed by atoms with Crippen LogP contribution in [0.25, 0.3) is 0 Å². The van der Waals surface area contributed by atoms with E-state index >= 15 is 0 Å². The van der Waals surface area contributed by atoms with Gasteiger partial charge in [-0.1, -0.05) is 51.7 Å². The van der Waals surface area contributed by atoms with Crippen LogP contribution in [0.15, 0.2) is 18.2 Å². The summed E-state index contributed by atoms with van der Waals surface area (Å²) in [5.74, 6) is -3.94. The monoisotopic (exact) mass is 408 g/mol. The summed E-state index contributed by atoms with van der Waals surface area (Å²) in [6.45, 7) is 4.23. The van der Waals surface area contributed by atoms with E-state index in [9.17, 15) is 19.5 Å². The van der Waals surface area contributed by atoms with Crippen molar-refractivity contribution in [2.75, 3.05) is 0 Å². The van der Waals surface area contributed by atoms with Gasteiger partial charge in [-0.15, -0.1) is 0 Å². The number of rotatable bonds is 14. The maximum atomic E-state index is 12.3. The lowest BCUT2D eigenvalue weighted by Gasteiger charge is -2.20. The fraction of sp³-hybridized carbons (Fsp3) is 0.591. The average Bonchev–Trinajstić information content (AvgIpc) is 2.63. The lowest BCUT2D eigenvalue weighted by molar-refractivity contribution is -0.169. The fourth-order valence-corrected chi connectivity index (χ4v) is 3.09. The number of carboxylic acids is 2. The molecular weight excluding hydrogens is 376 g/mol. The molecule has 0 heterocycles. The van der Waals surface area contributed by atoms with Crippen molar-refractivity contribution in [3.8, 4) is 5.75 Å². The summed E-state index contributed by atoms with van der Waals surface area (Å²) in [5, 5.41) is 28.0. The zero-order valence-corrected chi connectivity index (χ0v) is 17.3. The number of unbranched alkanes of at least 4 members (excludes halogenated alkanes) is 4. The Kier molecular flexibility index (Phi) is 10.4. The van der Waals surface area contributed by atoms with Crippen molar-refractivity contribution in [2.24, 2.45) is 0 Å². The fourth-order valence-electron chi connectivity index (χ4n) is 3.09. The Balaban J connectivity index is 2.94. The molecule has 0 fully saturated rings. The molecule has 0 aliphatic rings. The van der Waals surface area contributed by atoms with Gasteiger partial charge in [-0.25, -0.2) is 4.79 Å². The van der Waals surface area contributed by atoms with Crippen LogP contribution < -0.4 is 4.74 Å². The number of carbonyl (C=O) groups is 3. The van der Waals surface area contributed by atoms with E-state index in [0.717, 1.165) is 62.5 Å². The van der Waals surface area contributed by atoms with E-state index in [1.807, 2.05) is 12.1 Å². The van der Waals surface area contributed by atoms with Crippen LogP contribution in [0.1, 0.15) is 76.3 Å². The Morgan fingerprint density at radius 1 is 0.931 bits per heavy atom. The van der Waals surface area contributed by atoms with E-state index in [-0.39, 0.29) is 0 Å². The minimum Gasteiger partial charge on any atom is -0.481 e. The Hall–Kier alpha value is -2.41. The Labute approximate surface area is 171 Å². The SMILES string of the molecule is CCCCCc1ccc(OC(=O)CC(O)(CC(=O)O)C(=O)O)c(CCCCC)c1. The standard InChI is InChI=1S/C22H32O7/c1-3-5-7-9-16-11-12-18(17(13-16)10-8-6-4-2)29-20(25)15-22(28,21(26)27)14-19(23)24/h11-13,28H,3-10,14-15H2,1-2H3,(H,23,24)(H,26,27). The van der Waals surface area contributed by atoms with Gasteiger partial charge in [-0.05, 0) is 42.9 Å². The van der Waals surface area contributed by atoms with Gasteiger partial charge in [-0.3, -0.25) is 9.59 Å². The van der Waals surface area contributed by atoms with Crippen molar-refractivity contribution in [3.63, 3.8) is 0 Å². The maximum absolute atomic E-state index is 12.3. The third-order valence-electron chi connectivity index (χ3n) is 4.75. The second-order valence-electron chi connectivity index (χ2n) is 7.41. The molecule has 1 aromatic carbocycles. The quantitative estimate of drug-likeness (QED) is 0.243. The number of carbonyl (C=O) groups excluding carboxylic acids is 1. The van der Waals surface area contributed by atoms with E-state index < -0.39 is 36.4 Å². The zero-order chi connectivity index (χ0) is 21.9. The van der Waals surface area contributed by atoms with Crippen LogP contribution in [-0.4, -0.2) is 38.8 Å². The maximum Gasteiger partial charge on any atom is 0.336 e. The lowest BCUT2D eigenvalue weighted by atomic mass is 9.96. The zero-order valence-electron chi connectivity index (χ0n) is 17.3. The number of hydrogen-bond donors (Lipinski definition) is 3. The molecule has 0 bridgehead atoms. The van der Waals surface area contributed by atoms with Crippen LogP contribution in [0.2, 0.25) is 0 Å². The van der Waals surface area contributed by atoms with Crippen LogP contribution in [-0.2, 0) is 27.2 Å². The summed E-state index contributed by atoms with van der Waals surface area (Å²) < 4.78 is 5.33. The summed E-state index contributed by atoms with van der Waals surface area (Å²) in [6.07, 6.45) is 5.97. The molecule has 0 spiro atoms. The summed E-state index contributed by atoms with van der Waals surface area (Å²) in [4.78, 5) is 34.3. The summed E-state index contributed by atoms with van der Waals surface area (Å²) >= 11 is 0. The first kappa shape index (κ1) is 24.6. The van der Waals surface area contributed by atoms with Gasteiger partial charge in [-0.2, -0.15) is 0 Å². The van der Waals surface area contributed by atoms with Crippen LogP contribution in [0.4, 0.5) is 0 Å². The number of benzene rings is 1. The van der Waals surface area contributed by atoms with Gasteiger partial charge in [0.05, 0.1) is 12.8 Å². The van der Waals surface area contributed by atoms with Crippen LogP contribution >= 0.6 is 0 Å². The topological polar surface area (TPSA) is 121 Å². The van der Waals surface area contributed by atoms with E-state index in [1.165, 1.54) is 0 Å². The molecule has 1 rings (SSSR count). The highest BCUT2D eigenvalue weighted by molar-refractivity contribution is 5.89. The molecule has 162 valence electrons.